The zero-order chi connectivity index (χ0) is 34.6. The molecule has 0 aliphatic rings. The van der Waals surface area contributed by atoms with Crippen molar-refractivity contribution in [3.05, 3.63) is 57.6 Å². The average Bonchev–Trinajstić information content (AvgIpc) is 2.81. The SMILES string of the molecule is CCCCP(=S)(c1c(C(C)(C)C)cc(C(C)(C)C)cc1C(C)(C)C)P(C)c1c(C(C)(C)C)cc(C(C)(C)C)cc1C(C)(C)C. The van der Waals surface area contributed by atoms with E-state index in [2.05, 4.69) is 162 Å². The van der Waals surface area contributed by atoms with E-state index in [1.807, 2.05) is 0 Å². The van der Waals surface area contributed by atoms with E-state index >= 15 is 0 Å². The Hall–Kier alpha value is -0.480. The van der Waals surface area contributed by atoms with Gasteiger partial charge in [-0.05, 0) is 103 Å². The molecule has 0 bridgehead atoms. The van der Waals surface area contributed by atoms with Gasteiger partial charge in [0.15, 0.2) is 0 Å². The highest BCUT2D eigenvalue weighted by molar-refractivity contribution is 8.56. The fourth-order valence-electron chi connectivity index (χ4n) is 6.09. The summed E-state index contributed by atoms with van der Waals surface area (Å²) in [5.41, 5.74) is 7.04. The van der Waals surface area contributed by atoms with Crippen LogP contribution in [0.3, 0.4) is 0 Å². The number of rotatable bonds is 6. The molecule has 2 aromatic rings. The van der Waals surface area contributed by atoms with Gasteiger partial charge in [-0.2, -0.15) is 0 Å². The summed E-state index contributed by atoms with van der Waals surface area (Å²) in [6, 6.07) is 10.3. The standard InChI is InChI=1S/C41H70P2S/c1-21-22-23-43(44,35-32(40(14,15)16)26-29(37(5,6)7)27-33(35)41(17,18)19)42(20)34-30(38(8,9)10)24-28(36(2,3)4)25-31(34)39(11,12)13/h24-27H,21-23H2,1-20H3. The Morgan fingerprint density at radius 2 is 0.818 bits per heavy atom. The number of unbranched alkanes of at least 4 members (excludes halogenated alkanes) is 1. The third-order valence-corrected chi connectivity index (χ3v) is 21.4. The highest BCUT2D eigenvalue weighted by Gasteiger charge is 2.41. The van der Waals surface area contributed by atoms with Gasteiger partial charge >= 0.3 is 0 Å². The molecule has 44 heavy (non-hydrogen) atoms. The lowest BCUT2D eigenvalue weighted by Crippen LogP contribution is -2.35. The van der Waals surface area contributed by atoms with Crippen LogP contribution in [0.2, 0.25) is 0 Å². The molecule has 0 saturated carbocycles. The van der Waals surface area contributed by atoms with E-state index in [0.717, 1.165) is 6.16 Å². The molecule has 2 rings (SSSR count). The van der Waals surface area contributed by atoms with E-state index in [0.29, 0.717) is 0 Å². The van der Waals surface area contributed by atoms with Crippen molar-refractivity contribution in [2.45, 2.75) is 177 Å². The Kier molecular flexibility index (Phi) is 11.6. The average molecular weight is 657 g/mol. The number of benzene rings is 2. The summed E-state index contributed by atoms with van der Waals surface area (Å²) < 4.78 is 0. The van der Waals surface area contributed by atoms with Crippen LogP contribution in [0.5, 0.6) is 0 Å². The Morgan fingerprint density at radius 1 is 0.523 bits per heavy atom. The van der Waals surface area contributed by atoms with Gasteiger partial charge in [0.05, 0.1) is 0 Å². The zero-order valence-corrected chi connectivity index (χ0v) is 35.3. The molecule has 0 radical (unpaired) electrons. The van der Waals surface area contributed by atoms with Crippen molar-refractivity contribution < 1.29 is 0 Å². The Morgan fingerprint density at radius 3 is 1.07 bits per heavy atom. The molecule has 0 aliphatic carbocycles. The van der Waals surface area contributed by atoms with Gasteiger partial charge in [-0.1, -0.05) is 174 Å². The van der Waals surface area contributed by atoms with Crippen LogP contribution in [0, 0.1) is 0 Å². The van der Waals surface area contributed by atoms with Gasteiger partial charge in [0, 0.05) is 5.73 Å². The van der Waals surface area contributed by atoms with Crippen LogP contribution in [0.4, 0.5) is 0 Å². The molecule has 3 heteroatoms. The molecule has 0 N–H and O–H groups in total. The minimum absolute atomic E-state index is 0.00114. The fourth-order valence-corrected chi connectivity index (χ4v) is 17.2. The molecule has 2 atom stereocenters. The quantitative estimate of drug-likeness (QED) is 0.279. The van der Waals surface area contributed by atoms with Crippen LogP contribution in [0.25, 0.3) is 0 Å². The normalized spacial score (nSPS) is 16.2. The summed E-state index contributed by atoms with van der Waals surface area (Å²) in [4.78, 5) is 0. The molecule has 0 fully saturated rings. The first-order valence-electron chi connectivity index (χ1n) is 17.1. The maximum atomic E-state index is 7.40. The van der Waals surface area contributed by atoms with Gasteiger partial charge in [-0.3, -0.25) is 0 Å². The van der Waals surface area contributed by atoms with E-state index in [4.69, 9.17) is 11.8 Å². The summed E-state index contributed by atoms with van der Waals surface area (Å²) in [5, 5.41) is 3.18. The monoisotopic (exact) mass is 656 g/mol. The van der Waals surface area contributed by atoms with Gasteiger partial charge in [0.2, 0.25) is 0 Å². The first-order valence-corrected chi connectivity index (χ1v) is 22.6. The van der Waals surface area contributed by atoms with Gasteiger partial charge in [-0.15, -0.1) is 0 Å². The predicted octanol–water partition coefficient (Wildman–Crippen LogP) is 12.7. The maximum Gasteiger partial charge on any atom is 0.00916 e. The lowest BCUT2D eigenvalue weighted by atomic mass is 9.75. The van der Waals surface area contributed by atoms with Crippen LogP contribution in [-0.4, -0.2) is 12.8 Å². The highest BCUT2D eigenvalue weighted by atomic mass is 32.6. The van der Waals surface area contributed by atoms with Crippen LogP contribution in [0.1, 0.15) is 178 Å². The molecular formula is C41H70P2S. The fraction of sp³-hybridized carbons (Fsp3) is 0.707. The molecule has 0 heterocycles. The smallest absolute Gasteiger partial charge is 0.00916 e. The lowest BCUT2D eigenvalue weighted by Gasteiger charge is -2.43. The summed E-state index contributed by atoms with van der Waals surface area (Å²) in [6.45, 7) is 48.1. The second-order valence-electron chi connectivity index (χ2n) is 19.6. The molecule has 0 amide bonds. The van der Waals surface area contributed by atoms with Gasteiger partial charge < -0.3 is 0 Å². The van der Waals surface area contributed by atoms with Crippen LogP contribution >= 0.6 is 13.3 Å². The van der Waals surface area contributed by atoms with E-state index in [1.54, 1.807) is 10.6 Å². The van der Waals surface area contributed by atoms with Crippen molar-refractivity contribution in [3.8, 4) is 0 Å². The minimum Gasteiger partial charge on any atom is -0.0874 e. The largest absolute Gasteiger partial charge is 0.0874 e. The first-order chi connectivity index (χ1) is 19.4. The maximum absolute atomic E-state index is 7.40. The van der Waals surface area contributed by atoms with Crippen molar-refractivity contribution in [3.63, 3.8) is 0 Å². The number of hydrogen-bond donors (Lipinski definition) is 0. The summed E-state index contributed by atoms with van der Waals surface area (Å²) in [7, 11) is -0.666. The van der Waals surface area contributed by atoms with Crippen molar-refractivity contribution in [2.75, 3.05) is 12.8 Å². The molecule has 0 aromatic heterocycles. The van der Waals surface area contributed by atoms with Crippen LogP contribution < -0.4 is 10.6 Å². The number of hydrogen-bond acceptors (Lipinski definition) is 1. The second kappa shape index (κ2) is 12.9. The topological polar surface area (TPSA) is 0 Å². The summed E-state index contributed by atoms with van der Waals surface area (Å²) in [5.74, 6) is 0. The summed E-state index contributed by atoms with van der Waals surface area (Å²) >= 11 is 7.40. The molecule has 0 aliphatic heterocycles. The Bertz CT molecular complexity index is 1300. The molecule has 0 saturated heterocycles. The molecule has 0 spiro atoms. The Labute approximate surface area is 282 Å². The second-order valence-corrected chi connectivity index (χ2v) is 30.0. The third-order valence-electron chi connectivity index (χ3n) is 9.16. The minimum atomic E-state index is -2.09. The van der Waals surface area contributed by atoms with Crippen LogP contribution in [-0.2, 0) is 44.3 Å². The van der Waals surface area contributed by atoms with Gasteiger partial charge in [0.25, 0.3) is 0 Å². The Balaban J connectivity index is 3.33. The van der Waals surface area contributed by atoms with Crippen molar-refractivity contribution in [1.29, 1.82) is 0 Å². The predicted molar refractivity (Wildman–Crippen MR) is 211 cm³/mol. The third kappa shape index (κ3) is 8.70. The zero-order valence-electron chi connectivity index (χ0n) is 32.7. The summed E-state index contributed by atoms with van der Waals surface area (Å²) in [6.07, 6.45) is 3.50. The lowest BCUT2D eigenvalue weighted by molar-refractivity contribution is 0.552. The van der Waals surface area contributed by atoms with Gasteiger partial charge in [0.1, 0.15) is 0 Å². The van der Waals surface area contributed by atoms with Crippen molar-refractivity contribution in [2.24, 2.45) is 0 Å². The first kappa shape index (κ1) is 39.7. The molecule has 250 valence electrons. The molecule has 0 nitrogen and oxygen atoms in total. The molecule has 2 unspecified atom stereocenters. The van der Waals surface area contributed by atoms with Gasteiger partial charge in [-0.25, -0.2) is 0 Å². The van der Waals surface area contributed by atoms with Crippen molar-refractivity contribution in [1.82, 2.24) is 0 Å². The van der Waals surface area contributed by atoms with E-state index in [1.165, 1.54) is 46.2 Å². The van der Waals surface area contributed by atoms with Crippen molar-refractivity contribution >= 4 is 35.8 Å². The molecule has 2 aromatic carbocycles. The van der Waals surface area contributed by atoms with E-state index < -0.39 is 13.3 Å². The van der Waals surface area contributed by atoms with E-state index in [9.17, 15) is 0 Å². The van der Waals surface area contributed by atoms with Crippen LogP contribution in [0.15, 0.2) is 24.3 Å². The van der Waals surface area contributed by atoms with E-state index in [-0.39, 0.29) is 32.5 Å². The highest BCUT2D eigenvalue weighted by Crippen LogP contribution is 2.75. The molecular weight excluding hydrogens is 586 g/mol.